The molecule has 0 amide bonds. The third-order valence-corrected chi connectivity index (χ3v) is 5.88. The Labute approximate surface area is 119 Å². The molecular weight excluding hydrogens is 232 g/mol. The van der Waals surface area contributed by atoms with Crippen molar-refractivity contribution in [2.75, 3.05) is 13.1 Å². The van der Waals surface area contributed by atoms with Gasteiger partial charge in [-0.3, -0.25) is 4.90 Å². The number of nitrogens with one attached hydrogen (secondary N) is 1. The zero-order valence-electron chi connectivity index (χ0n) is 13.0. The number of rotatable bonds is 4. The quantitative estimate of drug-likeness (QED) is 0.835. The van der Waals surface area contributed by atoms with E-state index in [-0.39, 0.29) is 0 Å². The van der Waals surface area contributed by atoms with Crippen LogP contribution in [0.2, 0.25) is 0 Å². The topological polar surface area (TPSA) is 15.3 Å². The fourth-order valence-electron chi connectivity index (χ4n) is 4.37. The lowest BCUT2D eigenvalue weighted by Gasteiger charge is -2.51. The average Bonchev–Trinajstić information content (AvgIpc) is 3.24. The van der Waals surface area contributed by atoms with Gasteiger partial charge in [-0.25, -0.2) is 0 Å². The maximum Gasteiger partial charge on any atom is 0.0309 e. The standard InChI is InChI=1S/C17H32N2/c1-3-16(11-15-7-8-15)19-13-17(18-12-14(19)2)9-5-4-6-10-17/h14-16,18H,3-13H2,1-2H3. The van der Waals surface area contributed by atoms with E-state index in [1.807, 2.05) is 0 Å². The normalized spacial score (nSPS) is 33.5. The summed E-state index contributed by atoms with van der Waals surface area (Å²) in [6, 6.07) is 1.58. The highest BCUT2D eigenvalue weighted by molar-refractivity contribution is 5.00. The van der Waals surface area contributed by atoms with Crippen molar-refractivity contribution in [2.24, 2.45) is 5.92 Å². The van der Waals surface area contributed by atoms with Crippen LogP contribution in [-0.4, -0.2) is 35.6 Å². The smallest absolute Gasteiger partial charge is 0.0309 e. The molecule has 1 heterocycles. The first-order valence-corrected chi connectivity index (χ1v) is 8.73. The van der Waals surface area contributed by atoms with E-state index in [2.05, 4.69) is 24.1 Å². The van der Waals surface area contributed by atoms with Crippen molar-refractivity contribution in [1.82, 2.24) is 10.2 Å². The van der Waals surface area contributed by atoms with Crippen LogP contribution in [0.5, 0.6) is 0 Å². The highest BCUT2D eigenvalue weighted by atomic mass is 15.3. The Morgan fingerprint density at radius 2 is 1.95 bits per heavy atom. The minimum absolute atomic E-state index is 0.474. The van der Waals surface area contributed by atoms with Gasteiger partial charge in [-0.05, 0) is 38.5 Å². The molecule has 2 nitrogen and oxygen atoms in total. The van der Waals surface area contributed by atoms with Gasteiger partial charge in [0.2, 0.25) is 0 Å². The van der Waals surface area contributed by atoms with E-state index in [4.69, 9.17) is 0 Å². The third kappa shape index (κ3) is 3.16. The predicted octanol–water partition coefficient (Wildman–Crippen LogP) is 3.56. The van der Waals surface area contributed by atoms with E-state index < -0.39 is 0 Å². The van der Waals surface area contributed by atoms with E-state index in [0.717, 1.165) is 18.0 Å². The fourth-order valence-corrected chi connectivity index (χ4v) is 4.37. The summed E-state index contributed by atoms with van der Waals surface area (Å²) in [6.07, 6.45) is 13.0. The molecule has 1 aliphatic heterocycles. The molecule has 110 valence electrons. The van der Waals surface area contributed by atoms with Crippen LogP contribution in [0.4, 0.5) is 0 Å². The van der Waals surface area contributed by atoms with Gasteiger partial charge in [0.1, 0.15) is 0 Å². The number of piperazine rings is 1. The highest BCUT2D eigenvalue weighted by Gasteiger charge is 2.41. The summed E-state index contributed by atoms with van der Waals surface area (Å²) in [5.41, 5.74) is 0.474. The van der Waals surface area contributed by atoms with Gasteiger partial charge in [-0.2, -0.15) is 0 Å². The Hall–Kier alpha value is -0.0800. The minimum atomic E-state index is 0.474. The van der Waals surface area contributed by atoms with E-state index in [0.29, 0.717) is 5.54 Å². The van der Waals surface area contributed by atoms with Gasteiger partial charge < -0.3 is 5.32 Å². The summed E-state index contributed by atoms with van der Waals surface area (Å²) in [5, 5.41) is 3.92. The van der Waals surface area contributed by atoms with E-state index in [1.165, 1.54) is 70.9 Å². The first kappa shape index (κ1) is 13.9. The second-order valence-electron chi connectivity index (χ2n) is 7.48. The molecule has 1 spiro atoms. The molecule has 19 heavy (non-hydrogen) atoms. The maximum absolute atomic E-state index is 3.92. The monoisotopic (exact) mass is 264 g/mol. The van der Waals surface area contributed by atoms with Crippen molar-refractivity contribution in [2.45, 2.75) is 89.3 Å². The Morgan fingerprint density at radius 3 is 2.58 bits per heavy atom. The molecule has 2 saturated carbocycles. The Bertz CT molecular complexity index is 292. The summed E-state index contributed by atoms with van der Waals surface area (Å²) in [5.74, 6) is 1.06. The van der Waals surface area contributed by atoms with E-state index in [9.17, 15) is 0 Å². The van der Waals surface area contributed by atoms with Gasteiger partial charge in [-0.1, -0.05) is 39.0 Å². The fraction of sp³-hybridized carbons (Fsp3) is 1.00. The lowest BCUT2D eigenvalue weighted by atomic mass is 9.79. The molecule has 0 aromatic carbocycles. The molecule has 0 aromatic rings. The highest BCUT2D eigenvalue weighted by Crippen LogP contribution is 2.38. The second-order valence-corrected chi connectivity index (χ2v) is 7.48. The van der Waals surface area contributed by atoms with Gasteiger partial charge in [0.05, 0.1) is 0 Å². The van der Waals surface area contributed by atoms with E-state index >= 15 is 0 Å². The van der Waals surface area contributed by atoms with E-state index in [1.54, 1.807) is 0 Å². The van der Waals surface area contributed by atoms with Crippen LogP contribution in [0.1, 0.15) is 71.6 Å². The lowest BCUT2D eigenvalue weighted by Crippen LogP contribution is -2.66. The molecule has 2 heteroatoms. The van der Waals surface area contributed by atoms with Gasteiger partial charge >= 0.3 is 0 Å². The molecule has 1 N–H and O–H groups in total. The van der Waals surface area contributed by atoms with Crippen LogP contribution in [-0.2, 0) is 0 Å². The van der Waals surface area contributed by atoms with Crippen LogP contribution in [0.15, 0.2) is 0 Å². The molecule has 0 aromatic heterocycles. The number of hydrogen-bond donors (Lipinski definition) is 1. The van der Waals surface area contributed by atoms with Crippen LogP contribution in [0.25, 0.3) is 0 Å². The number of nitrogens with zero attached hydrogens (tertiary/aromatic N) is 1. The van der Waals surface area contributed by atoms with Crippen LogP contribution >= 0.6 is 0 Å². The van der Waals surface area contributed by atoms with Crippen molar-refractivity contribution >= 4 is 0 Å². The second kappa shape index (κ2) is 5.73. The van der Waals surface area contributed by atoms with Gasteiger partial charge in [0.15, 0.2) is 0 Å². The van der Waals surface area contributed by atoms with Gasteiger partial charge in [-0.15, -0.1) is 0 Å². The lowest BCUT2D eigenvalue weighted by molar-refractivity contribution is 0.0249. The molecule has 0 radical (unpaired) electrons. The molecule has 2 unspecified atom stereocenters. The van der Waals surface area contributed by atoms with Crippen LogP contribution in [0.3, 0.4) is 0 Å². The number of hydrogen-bond acceptors (Lipinski definition) is 2. The van der Waals surface area contributed by atoms with Crippen LogP contribution < -0.4 is 5.32 Å². The van der Waals surface area contributed by atoms with Gasteiger partial charge in [0, 0.05) is 30.7 Å². The molecular formula is C17H32N2. The SMILES string of the molecule is CCC(CC1CC1)N1CC2(CCCCC2)NCC1C. The molecule has 3 fully saturated rings. The van der Waals surface area contributed by atoms with Gasteiger partial charge in [0.25, 0.3) is 0 Å². The zero-order valence-corrected chi connectivity index (χ0v) is 13.0. The third-order valence-electron chi connectivity index (χ3n) is 5.88. The Morgan fingerprint density at radius 1 is 1.21 bits per heavy atom. The minimum Gasteiger partial charge on any atom is -0.308 e. The summed E-state index contributed by atoms with van der Waals surface area (Å²) < 4.78 is 0. The first-order chi connectivity index (χ1) is 9.22. The Balaban J connectivity index is 1.66. The average molecular weight is 264 g/mol. The van der Waals surface area contributed by atoms with Crippen LogP contribution in [0, 0.1) is 5.92 Å². The summed E-state index contributed by atoms with van der Waals surface area (Å²) >= 11 is 0. The largest absolute Gasteiger partial charge is 0.308 e. The molecule has 0 bridgehead atoms. The van der Waals surface area contributed by atoms with Crippen molar-refractivity contribution < 1.29 is 0 Å². The molecule has 2 atom stereocenters. The maximum atomic E-state index is 3.92. The van der Waals surface area contributed by atoms with Crippen molar-refractivity contribution in [1.29, 1.82) is 0 Å². The summed E-state index contributed by atoms with van der Waals surface area (Å²) in [4.78, 5) is 2.88. The van der Waals surface area contributed by atoms with Crippen molar-refractivity contribution in [3.8, 4) is 0 Å². The molecule has 3 rings (SSSR count). The van der Waals surface area contributed by atoms with Crippen molar-refractivity contribution in [3.63, 3.8) is 0 Å². The predicted molar refractivity (Wildman–Crippen MR) is 81.4 cm³/mol. The Kier molecular flexibility index (Phi) is 4.19. The summed E-state index contributed by atoms with van der Waals surface area (Å²) in [7, 11) is 0. The first-order valence-electron chi connectivity index (χ1n) is 8.73. The summed E-state index contributed by atoms with van der Waals surface area (Å²) in [6.45, 7) is 7.36. The molecule has 2 aliphatic carbocycles. The molecule has 1 saturated heterocycles. The zero-order chi connectivity index (χ0) is 13.3. The molecule has 3 aliphatic rings. The van der Waals surface area contributed by atoms with Crippen molar-refractivity contribution in [3.05, 3.63) is 0 Å².